The second kappa shape index (κ2) is 6.94. The number of likely N-dealkylation sites (N-methyl/N-ethyl adjacent to an activating group) is 1. The summed E-state index contributed by atoms with van der Waals surface area (Å²) >= 11 is 6.03. The standard InChI is InChI=1S/C19H21ClN2O3/c1-11-5-7-17(24-11)15(22(3)4)10-21-19(23)18-12(2)14-9-13(20)6-8-16(14)25-18/h5-9,15H,10H2,1-4H3,(H,21,23). The molecule has 25 heavy (non-hydrogen) atoms. The predicted octanol–water partition coefficient (Wildman–Crippen LogP) is 4.33. The van der Waals surface area contributed by atoms with E-state index in [-0.39, 0.29) is 11.9 Å². The molecule has 0 aliphatic rings. The van der Waals surface area contributed by atoms with Crippen LogP contribution in [0.1, 0.15) is 33.7 Å². The SMILES string of the molecule is Cc1ccc(C(CNC(=O)c2oc3ccc(Cl)cc3c2C)N(C)C)o1. The molecule has 5 nitrogen and oxygen atoms in total. The van der Waals surface area contributed by atoms with Crippen molar-refractivity contribution >= 4 is 28.5 Å². The Bertz CT molecular complexity index is 911. The number of fused-ring (bicyclic) bond motifs is 1. The van der Waals surface area contributed by atoms with Gasteiger partial charge in [0.05, 0.1) is 6.04 Å². The number of furan rings is 2. The number of carbonyl (C=O) groups excluding carboxylic acids is 1. The van der Waals surface area contributed by atoms with Gasteiger partial charge in [0.25, 0.3) is 5.91 Å². The van der Waals surface area contributed by atoms with Crippen LogP contribution >= 0.6 is 11.6 Å². The molecule has 2 heterocycles. The second-order valence-corrected chi connectivity index (χ2v) is 6.77. The second-order valence-electron chi connectivity index (χ2n) is 6.33. The van der Waals surface area contributed by atoms with Crippen molar-refractivity contribution in [1.29, 1.82) is 0 Å². The quantitative estimate of drug-likeness (QED) is 0.735. The molecule has 0 spiro atoms. The van der Waals surface area contributed by atoms with Crippen LogP contribution in [-0.4, -0.2) is 31.4 Å². The minimum absolute atomic E-state index is 0.0585. The number of rotatable bonds is 5. The highest BCUT2D eigenvalue weighted by Gasteiger charge is 2.22. The monoisotopic (exact) mass is 360 g/mol. The van der Waals surface area contributed by atoms with Crippen LogP contribution in [0.15, 0.2) is 39.2 Å². The molecule has 1 N–H and O–H groups in total. The molecule has 0 saturated carbocycles. The number of nitrogens with one attached hydrogen (secondary N) is 1. The lowest BCUT2D eigenvalue weighted by atomic mass is 10.1. The fourth-order valence-corrected chi connectivity index (χ4v) is 3.02. The van der Waals surface area contributed by atoms with Gasteiger partial charge in [-0.3, -0.25) is 9.69 Å². The molecule has 0 aliphatic heterocycles. The predicted molar refractivity (Wildman–Crippen MR) is 98.2 cm³/mol. The molecule has 0 saturated heterocycles. The van der Waals surface area contributed by atoms with Crippen molar-refractivity contribution in [3.63, 3.8) is 0 Å². The van der Waals surface area contributed by atoms with Gasteiger partial charge in [0.2, 0.25) is 0 Å². The number of halogens is 1. The smallest absolute Gasteiger partial charge is 0.287 e. The topological polar surface area (TPSA) is 58.6 Å². The van der Waals surface area contributed by atoms with Crippen LogP contribution in [0.4, 0.5) is 0 Å². The van der Waals surface area contributed by atoms with Crippen LogP contribution in [-0.2, 0) is 0 Å². The largest absolute Gasteiger partial charge is 0.465 e. The van der Waals surface area contributed by atoms with E-state index in [4.69, 9.17) is 20.4 Å². The molecule has 1 unspecified atom stereocenters. The Morgan fingerprint density at radius 3 is 2.60 bits per heavy atom. The molecule has 0 radical (unpaired) electrons. The Labute approximate surface area is 151 Å². The maximum absolute atomic E-state index is 12.6. The summed E-state index contributed by atoms with van der Waals surface area (Å²) in [4.78, 5) is 14.6. The van der Waals surface area contributed by atoms with E-state index in [0.29, 0.717) is 22.9 Å². The van der Waals surface area contributed by atoms with Gasteiger partial charge in [0.15, 0.2) is 5.76 Å². The lowest BCUT2D eigenvalue weighted by Crippen LogP contribution is -2.34. The van der Waals surface area contributed by atoms with Gasteiger partial charge in [0.1, 0.15) is 17.1 Å². The van der Waals surface area contributed by atoms with Crippen molar-refractivity contribution in [2.75, 3.05) is 20.6 Å². The molecular formula is C19H21ClN2O3. The van der Waals surface area contributed by atoms with Crippen LogP contribution < -0.4 is 5.32 Å². The zero-order chi connectivity index (χ0) is 18.1. The molecule has 0 aliphatic carbocycles. The minimum Gasteiger partial charge on any atom is -0.465 e. The van der Waals surface area contributed by atoms with Gasteiger partial charge in [-0.15, -0.1) is 0 Å². The molecule has 6 heteroatoms. The molecule has 0 fully saturated rings. The average Bonchev–Trinajstić information content (AvgIpc) is 3.11. The van der Waals surface area contributed by atoms with Crippen molar-refractivity contribution in [2.45, 2.75) is 19.9 Å². The molecule has 1 atom stereocenters. The van der Waals surface area contributed by atoms with E-state index >= 15 is 0 Å². The van der Waals surface area contributed by atoms with Gasteiger partial charge in [0, 0.05) is 22.5 Å². The number of aryl methyl sites for hydroxylation is 2. The van der Waals surface area contributed by atoms with Crippen molar-refractivity contribution in [2.24, 2.45) is 0 Å². The van der Waals surface area contributed by atoms with E-state index in [1.54, 1.807) is 18.2 Å². The van der Waals surface area contributed by atoms with E-state index in [1.165, 1.54) is 0 Å². The Morgan fingerprint density at radius 2 is 1.96 bits per heavy atom. The molecule has 0 bridgehead atoms. The summed E-state index contributed by atoms with van der Waals surface area (Å²) in [5, 5.41) is 4.40. The Morgan fingerprint density at radius 1 is 1.20 bits per heavy atom. The van der Waals surface area contributed by atoms with Gasteiger partial charge in [-0.1, -0.05) is 11.6 Å². The number of carbonyl (C=O) groups is 1. The Hall–Kier alpha value is -2.24. The maximum atomic E-state index is 12.6. The zero-order valence-electron chi connectivity index (χ0n) is 14.7. The summed E-state index contributed by atoms with van der Waals surface area (Å²) in [7, 11) is 3.90. The normalized spacial score (nSPS) is 12.7. The number of hydrogen-bond donors (Lipinski definition) is 1. The maximum Gasteiger partial charge on any atom is 0.287 e. The lowest BCUT2D eigenvalue weighted by Gasteiger charge is -2.22. The first kappa shape index (κ1) is 17.6. The van der Waals surface area contributed by atoms with Crippen LogP contribution in [0.5, 0.6) is 0 Å². The van der Waals surface area contributed by atoms with Gasteiger partial charge in [-0.2, -0.15) is 0 Å². The lowest BCUT2D eigenvalue weighted by molar-refractivity contribution is 0.0912. The first-order chi connectivity index (χ1) is 11.9. The molecule has 132 valence electrons. The van der Waals surface area contributed by atoms with E-state index in [9.17, 15) is 4.79 Å². The molecule has 2 aromatic heterocycles. The highest BCUT2D eigenvalue weighted by molar-refractivity contribution is 6.31. The van der Waals surface area contributed by atoms with E-state index in [0.717, 1.165) is 22.5 Å². The first-order valence-corrected chi connectivity index (χ1v) is 8.44. The van der Waals surface area contributed by atoms with Gasteiger partial charge in [-0.05, 0) is 58.3 Å². The summed E-state index contributed by atoms with van der Waals surface area (Å²) < 4.78 is 11.4. The van der Waals surface area contributed by atoms with Gasteiger partial charge < -0.3 is 14.2 Å². The number of hydrogen-bond acceptors (Lipinski definition) is 4. The van der Waals surface area contributed by atoms with Gasteiger partial charge >= 0.3 is 0 Å². The van der Waals surface area contributed by atoms with Crippen molar-refractivity contribution in [3.05, 3.63) is 58.2 Å². The third-order valence-electron chi connectivity index (χ3n) is 4.27. The fraction of sp³-hybridized carbons (Fsp3) is 0.316. The third-order valence-corrected chi connectivity index (χ3v) is 4.51. The minimum atomic E-state index is -0.250. The molecule has 3 rings (SSSR count). The fourth-order valence-electron chi connectivity index (χ4n) is 2.85. The number of amides is 1. The summed E-state index contributed by atoms with van der Waals surface area (Å²) in [5.74, 6) is 1.72. The van der Waals surface area contributed by atoms with Gasteiger partial charge in [-0.25, -0.2) is 0 Å². The van der Waals surface area contributed by atoms with Crippen LogP contribution in [0.25, 0.3) is 11.0 Å². The summed E-state index contributed by atoms with van der Waals surface area (Å²) in [6.07, 6.45) is 0. The van der Waals surface area contributed by atoms with Crippen molar-refractivity contribution in [3.8, 4) is 0 Å². The molecule has 3 aromatic rings. The summed E-state index contributed by atoms with van der Waals surface area (Å²) in [6.45, 7) is 4.17. The van der Waals surface area contributed by atoms with Crippen molar-refractivity contribution < 1.29 is 13.6 Å². The van der Waals surface area contributed by atoms with Crippen LogP contribution in [0, 0.1) is 13.8 Å². The average molecular weight is 361 g/mol. The summed E-state index contributed by atoms with van der Waals surface area (Å²) in [6, 6.07) is 9.12. The first-order valence-electron chi connectivity index (χ1n) is 8.06. The third kappa shape index (κ3) is 3.57. The van der Waals surface area contributed by atoms with Crippen molar-refractivity contribution in [1.82, 2.24) is 10.2 Å². The Kier molecular flexibility index (Phi) is 4.88. The Balaban J connectivity index is 1.78. The number of benzene rings is 1. The highest BCUT2D eigenvalue weighted by Crippen LogP contribution is 2.28. The van der Waals surface area contributed by atoms with E-state index in [2.05, 4.69) is 5.32 Å². The summed E-state index contributed by atoms with van der Waals surface area (Å²) in [5.41, 5.74) is 1.43. The molecular weight excluding hydrogens is 340 g/mol. The highest BCUT2D eigenvalue weighted by atomic mass is 35.5. The van der Waals surface area contributed by atoms with Crippen LogP contribution in [0.3, 0.4) is 0 Å². The molecule has 1 aromatic carbocycles. The number of nitrogens with zero attached hydrogens (tertiary/aromatic N) is 1. The van der Waals surface area contributed by atoms with E-state index < -0.39 is 0 Å². The molecule has 1 amide bonds. The van der Waals surface area contributed by atoms with Crippen LogP contribution in [0.2, 0.25) is 5.02 Å². The zero-order valence-corrected chi connectivity index (χ0v) is 15.5. The van der Waals surface area contributed by atoms with E-state index in [1.807, 2.05) is 45.0 Å².